The van der Waals surface area contributed by atoms with Gasteiger partial charge < -0.3 is 5.11 Å². The van der Waals surface area contributed by atoms with E-state index in [1.807, 2.05) is 0 Å². The van der Waals surface area contributed by atoms with Gasteiger partial charge in [-0.2, -0.15) is 0 Å². The summed E-state index contributed by atoms with van der Waals surface area (Å²) in [4.78, 5) is 0. The van der Waals surface area contributed by atoms with Crippen LogP contribution in [0.15, 0.2) is 0 Å². The highest BCUT2D eigenvalue weighted by atomic mass is 16.3. The summed E-state index contributed by atoms with van der Waals surface area (Å²) in [5.74, 6) is 5.58. The average molecular weight is 124 g/mol. The Kier molecular flexibility index (Phi) is 1.78. The molecule has 9 heavy (non-hydrogen) atoms. The van der Waals surface area contributed by atoms with E-state index in [0.29, 0.717) is 0 Å². The molecule has 50 valence electrons. The molecule has 0 amide bonds. The fourth-order valence-corrected chi connectivity index (χ4v) is 1.32. The number of rotatable bonds is 0. The van der Waals surface area contributed by atoms with Crippen LogP contribution in [0.5, 0.6) is 0 Å². The molecule has 1 saturated carbocycles. The summed E-state index contributed by atoms with van der Waals surface area (Å²) >= 11 is 0. The highest BCUT2D eigenvalue weighted by Gasteiger charge is 2.28. The van der Waals surface area contributed by atoms with Crippen LogP contribution in [0.2, 0.25) is 0 Å². The van der Waals surface area contributed by atoms with Crippen LogP contribution in [0.1, 0.15) is 32.6 Å². The van der Waals surface area contributed by atoms with Crippen molar-refractivity contribution in [3.63, 3.8) is 0 Å². The molecule has 1 fully saturated rings. The summed E-state index contributed by atoms with van der Waals surface area (Å²) in [6.07, 6.45) is 4.00. The summed E-state index contributed by atoms with van der Waals surface area (Å²) in [5.41, 5.74) is -0.616. The van der Waals surface area contributed by atoms with Crippen molar-refractivity contribution in [1.29, 1.82) is 0 Å². The molecule has 0 bridgehead atoms. The number of aliphatic hydroxyl groups is 1. The van der Waals surface area contributed by atoms with Gasteiger partial charge in [0.25, 0.3) is 0 Å². The first-order valence-electron chi connectivity index (χ1n) is 3.43. The van der Waals surface area contributed by atoms with Crippen LogP contribution < -0.4 is 0 Å². The van der Waals surface area contributed by atoms with E-state index in [0.717, 1.165) is 25.7 Å². The molecule has 0 heterocycles. The SMILES string of the molecule is CC#CC1(O)CCCC1. The second kappa shape index (κ2) is 2.41. The second-order valence-corrected chi connectivity index (χ2v) is 2.61. The fourth-order valence-electron chi connectivity index (χ4n) is 1.32. The fraction of sp³-hybridized carbons (Fsp3) is 0.750. The normalized spacial score (nSPS) is 22.9. The van der Waals surface area contributed by atoms with Gasteiger partial charge in [-0.15, -0.1) is 5.92 Å². The summed E-state index contributed by atoms with van der Waals surface area (Å²) in [7, 11) is 0. The van der Waals surface area contributed by atoms with Gasteiger partial charge in [0.2, 0.25) is 0 Å². The molecular formula is C8H12O. The molecule has 0 radical (unpaired) electrons. The van der Waals surface area contributed by atoms with Crippen molar-refractivity contribution in [2.75, 3.05) is 0 Å². The summed E-state index contributed by atoms with van der Waals surface area (Å²) in [6.45, 7) is 1.77. The Morgan fingerprint density at radius 2 is 1.89 bits per heavy atom. The van der Waals surface area contributed by atoms with Gasteiger partial charge in [0, 0.05) is 0 Å². The lowest BCUT2D eigenvalue weighted by atomic mass is 10.0. The Hall–Kier alpha value is -0.480. The van der Waals surface area contributed by atoms with Gasteiger partial charge in [-0.3, -0.25) is 0 Å². The maximum absolute atomic E-state index is 9.52. The summed E-state index contributed by atoms with van der Waals surface area (Å²) < 4.78 is 0. The lowest BCUT2D eigenvalue weighted by Gasteiger charge is -2.12. The predicted octanol–water partition coefficient (Wildman–Crippen LogP) is 1.31. The van der Waals surface area contributed by atoms with E-state index in [1.54, 1.807) is 6.92 Å². The summed E-state index contributed by atoms with van der Waals surface area (Å²) in [6, 6.07) is 0. The highest BCUT2D eigenvalue weighted by Crippen LogP contribution is 2.28. The second-order valence-electron chi connectivity index (χ2n) is 2.61. The minimum atomic E-state index is -0.616. The standard InChI is InChI=1S/C8H12O/c1-2-5-8(9)6-3-4-7-8/h9H,3-4,6-7H2,1H3. The van der Waals surface area contributed by atoms with Gasteiger partial charge in [-0.25, -0.2) is 0 Å². The van der Waals surface area contributed by atoms with E-state index < -0.39 is 5.60 Å². The first kappa shape index (κ1) is 6.64. The topological polar surface area (TPSA) is 20.2 Å². The third-order valence-electron chi connectivity index (χ3n) is 1.79. The van der Waals surface area contributed by atoms with Gasteiger partial charge in [0.1, 0.15) is 5.60 Å². The van der Waals surface area contributed by atoms with Crippen molar-refractivity contribution >= 4 is 0 Å². The maximum Gasteiger partial charge on any atom is 0.125 e. The van der Waals surface area contributed by atoms with Crippen molar-refractivity contribution in [2.24, 2.45) is 0 Å². The molecule has 0 spiro atoms. The molecule has 1 aliphatic carbocycles. The minimum absolute atomic E-state index is 0.616. The van der Waals surface area contributed by atoms with Crippen molar-refractivity contribution in [2.45, 2.75) is 38.2 Å². The zero-order chi connectivity index (χ0) is 6.74. The molecular weight excluding hydrogens is 112 g/mol. The van der Waals surface area contributed by atoms with Crippen molar-refractivity contribution < 1.29 is 5.11 Å². The number of hydrogen-bond donors (Lipinski definition) is 1. The largest absolute Gasteiger partial charge is 0.378 e. The third-order valence-corrected chi connectivity index (χ3v) is 1.79. The average Bonchev–Trinajstić information content (AvgIpc) is 2.16. The molecule has 0 aromatic heterocycles. The van der Waals surface area contributed by atoms with Crippen LogP contribution >= 0.6 is 0 Å². The highest BCUT2D eigenvalue weighted by molar-refractivity contribution is 5.13. The van der Waals surface area contributed by atoms with Crippen LogP contribution in [-0.4, -0.2) is 10.7 Å². The van der Waals surface area contributed by atoms with E-state index in [4.69, 9.17) is 0 Å². The molecule has 0 aromatic carbocycles. The van der Waals surface area contributed by atoms with Crippen LogP contribution in [0.25, 0.3) is 0 Å². The first-order chi connectivity index (χ1) is 4.27. The zero-order valence-corrected chi connectivity index (χ0v) is 5.78. The molecule has 1 heteroatoms. The minimum Gasteiger partial charge on any atom is -0.378 e. The molecule has 1 N–H and O–H groups in total. The van der Waals surface area contributed by atoms with E-state index >= 15 is 0 Å². The molecule has 0 unspecified atom stereocenters. The predicted molar refractivity (Wildman–Crippen MR) is 36.9 cm³/mol. The monoisotopic (exact) mass is 124 g/mol. The van der Waals surface area contributed by atoms with E-state index in [9.17, 15) is 5.11 Å². The molecule has 1 rings (SSSR count). The van der Waals surface area contributed by atoms with Crippen molar-refractivity contribution in [3.05, 3.63) is 0 Å². The van der Waals surface area contributed by atoms with Crippen LogP contribution in [0.3, 0.4) is 0 Å². The van der Waals surface area contributed by atoms with Crippen molar-refractivity contribution in [3.8, 4) is 11.8 Å². The molecule has 0 atom stereocenters. The first-order valence-corrected chi connectivity index (χ1v) is 3.43. The Morgan fingerprint density at radius 3 is 2.33 bits per heavy atom. The maximum atomic E-state index is 9.52. The Balaban J connectivity index is 2.58. The van der Waals surface area contributed by atoms with Gasteiger partial charge >= 0.3 is 0 Å². The Bertz CT molecular complexity index is 144. The van der Waals surface area contributed by atoms with Crippen molar-refractivity contribution in [1.82, 2.24) is 0 Å². The van der Waals surface area contributed by atoms with Gasteiger partial charge in [0.05, 0.1) is 0 Å². The molecule has 0 aromatic rings. The van der Waals surface area contributed by atoms with E-state index in [1.165, 1.54) is 0 Å². The van der Waals surface area contributed by atoms with E-state index in [-0.39, 0.29) is 0 Å². The quantitative estimate of drug-likeness (QED) is 0.483. The smallest absolute Gasteiger partial charge is 0.125 e. The lowest BCUT2D eigenvalue weighted by molar-refractivity contribution is 0.110. The molecule has 0 aliphatic heterocycles. The van der Waals surface area contributed by atoms with Gasteiger partial charge in [0.15, 0.2) is 0 Å². The molecule has 1 nitrogen and oxygen atoms in total. The number of hydrogen-bond acceptors (Lipinski definition) is 1. The Morgan fingerprint density at radius 1 is 1.33 bits per heavy atom. The van der Waals surface area contributed by atoms with Crippen LogP contribution in [0, 0.1) is 11.8 Å². The molecule has 1 aliphatic rings. The van der Waals surface area contributed by atoms with Crippen LogP contribution in [0.4, 0.5) is 0 Å². The van der Waals surface area contributed by atoms with Gasteiger partial charge in [-0.05, 0) is 32.6 Å². The van der Waals surface area contributed by atoms with Gasteiger partial charge in [-0.1, -0.05) is 5.92 Å². The van der Waals surface area contributed by atoms with E-state index in [2.05, 4.69) is 11.8 Å². The zero-order valence-electron chi connectivity index (χ0n) is 5.78. The lowest BCUT2D eigenvalue weighted by Crippen LogP contribution is -2.20. The Labute approximate surface area is 56.1 Å². The third kappa shape index (κ3) is 1.46. The summed E-state index contributed by atoms with van der Waals surface area (Å²) in [5, 5.41) is 9.52. The molecule has 0 saturated heterocycles. The van der Waals surface area contributed by atoms with Crippen LogP contribution in [-0.2, 0) is 0 Å².